The normalized spacial score (nSPS) is 13.0. The molecule has 0 fully saturated rings. The van der Waals surface area contributed by atoms with Crippen molar-refractivity contribution in [2.45, 2.75) is 43.9 Å². The van der Waals surface area contributed by atoms with E-state index in [0.29, 0.717) is 0 Å². The van der Waals surface area contributed by atoms with Gasteiger partial charge in [-0.15, -0.1) is 0 Å². The highest BCUT2D eigenvalue weighted by molar-refractivity contribution is 7.00. The molecule has 4 heteroatoms. The van der Waals surface area contributed by atoms with Crippen molar-refractivity contribution in [1.82, 2.24) is 0 Å². The molecule has 0 bridgehead atoms. The summed E-state index contributed by atoms with van der Waals surface area (Å²) in [5, 5.41) is 5.33. The zero-order chi connectivity index (χ0) is 45.9. The number of hydrogen-bond donors (Lipinski definition) is 0. The highest BCUT2D eigenvalue weighted by Gasteiger charge is 2.60. The van der Waals surface area contributed by atoms with E-state index in [1.54, 1.807) is 11.1 Å². The Kier molecular flexibility index (Phi) is 10.5. The van der Waals surface area contributed by atoms with E-state index in [4.69, 9.17) is 0 Å². The number of fused-ring (bicyclic) bond motifs is 7. The summed E-state index contributed by atoms with van der Waals surface area (Å²) in [6.07, 6.45) is 0. The minimum atomic E-state index is -2.06. The van der Waals surface area contributed by atoms with Crippen molar-refractivity contribution in [3.8, 4) is 33.4 Å². The third-order valence-corrected chi connectivity index (χ3v) is 24.3. The van der Waals surface area contributed by atoms with Crippen molar-refractivity contribution in [3.63, 3.8) is 0 Å². The summed E-state index contributed by atoms with van der Waals surface area (Å²) in [7, 11) is -4.13. The van der Waals surface area contributed by atoms with E-state index in [1.807, 2.05) is 0 Å². The molecule has 0 aromatic heterocycles. The predicted molar refractivity (Wildman–Crippen MR) is 295 cm³/mol. The van der Waals surface area contributed by atoms with Crippen LogP contribution in [0, 0.1) is 0 Å². The first-order valence-electron chi connectivity index (χ1n) is 23.7. The molecule has 1 aliphatic rings. The number of nitrogens with zero attached hydrogens (tertiary/aromatic N) is 2. The van der Waals surface area contributed by atoms with Crippen molar-refractivity contribution < 1.29 is 0 Å². The Morgan fingerprint density at radius 1 is 0.284 bits per heavy atom. The lowest BCUT2D eigenvalue weighted by molar-refractivity contribution is 0.972. The van der Waals surface area contributed by atoms with Gasteiger partial charge in [-0.25, -0.2) is 0 Å². The summed E-state index contributed by atoms with van der Waals surface area (Å²) >= 11 is 0. The van der Waals surface area contributed by atoms with Crippen molar-refractivity contribution in [2.24, 2.45) is 0 Å². The number of anilines is 6. The largest absolute Gasteiger partial charge is 0.310 e. The molecule has 2 nitrogen and oxygen atoms in total. The van der Waals surface area contributed by atoms with Crippen LogP contribution < -0.4 is 9.80 Å². The maximum atomic E-state index is 2.64. The third-order valence-electron chi connectivity index (χ3n) is 14.3. The summed E-state index contributed by atoms with van der Waals surface area (Å²) in [6, 6.07) is 85.2. The first-order valence-corrected chi connectivity index (χ1v) is 30.7. The molecule has 67 heavy (non-hydrogen) atoms. The van der Waals surface area contributed by atoms with Crippen molar-refractivity contribution in [2.75, 3.05) is 9.80 Å². The van der Waals surface area contributed by atoms with Crippen LogP contribution in [0.5, 0.6) is 0 Å². The van der Waals surface area contributed by atoms with E-state index in [0.717, 1.165) is 34.1 Å². The fourth-order valence-corrected chi connectivity index (χ4v) is 25.0. The molecule has 0 heterocycles. The quantitative estimate of drug-likeness (QED) is 0.126. The SMILES string of the molecule is C[Si](C)(C)C1([Si](C)(C)C)c2c(ccc3cc(N(c4ccccc4)c4cccc(-c5ccccc5)c4)ccc23)-c2ccc3cc(N(c4ccccc4)c4cccc(-c5ccccc5)c4)ccc3c21. The van der Waals surface area contributed by atoms with Crippen LogP contribution in [-0.4, -0.2) is 16.1 Å². The minimum Gasteiger partial charge on any atom is -0.310 e. The van der Waals surface area contributed by atoms with Crippen molar-refractivity contribution in [3.05, 3.63) is 242 Å². The lowest BCUT2D eigenvalue weighted by Crippen LogP contribution is -2.63. The monoisotopic (exact) mass is 896 g/mol. The Morgan fingerprint density at radius 3 is 0.985 bits per heavy atom. The number of hydrogen-bond acceptors (Lipinski definition) is 2. The zero-order valence-electron chi connectivity index (χ0n) is 39.3. The molecule has 326 valence electrons. The van der Waals surface area contributed by atoms with Gasteiger partial charge in [-0.2, -0.15) is 0 Å². The summed E-state index contributed by atoms with van der Waals surface area (Å²) in [4.78, 5) is 4.83. The summed E-state index contributed by atoms with van der Waals surface area (Å²) < 4.78 is -0.0705. The maximum Gasteiger partial charge on any atom is 0.0579 e. The molecule has 0 amide bonds. The van der Waals surface area contributed by atoms with Gasteiger partial charge in [0.15, 0.2) is 0 Å². The van der Waals surface area contributed by atoms with Crippen LogP contribution in [0.3, 0.4) is 0 Å². The van der Waals surface area contributed by atoms with E-state index in [2.05, 4.69) is 280 Å². The molecule has 0 N–H and O–H groups in total. The molecule has 0 aliphatic heterocycles. The molecule has 0 spiro atoms. The number of rotatable bonds is 10. The van der Waals surface area contributed by atoms with Crippen LogP contribution >= 0.6 is 0 Å². The second-order valence-corrected chi connectivity index (χ2v) is 31.2. The highest BCUT2D eigenvalue weighted by Crippen LogP contribution is 2.61. The number of benzene rings is 10. The average Bonchev–Trinajstić information content (AvgIpc) is 3.69. The lowest BCUT2D eigenvalue weighted by atomic mass is 9.97. The topological polar surface area (TPSA) is 6.48 Å². The van der Waals surface area contributed by atoms with Crippen LogP contribution in [0.1, 0.15) is 11.1 Å². The van der Waals surface area contributed by atoms with E-state index in [9.17, 15) is 0 Å². The van der Waals surface area contributed by atoms with Gasteiger partial charge in [-0.3, -0.25) is 0 Å². The standard InChI is InChI=1S/C63H56N2Si2/c1-66(2,3)63(67(4,5)6)61-57-39-35-55(64(51-27-15-9-16-28-51)53-31-19-25-47(41-53)45-21-11-7-12-22-45)43-49(57)33-37-59(61)60-38-34-50-44-56(36-40-58(50)62(60)63)65(52-29-17-10-18-30-52)54-32-20-26-48(42-54)46-23-13-8-14-24-46/h7-44H,1-6H3. The summed E-state index contributed by atoms with van der Waals surface area (Å²) in [6.45, 7) is 15.8. The van der Waals surface area contributed by atoms with Gasteiger partial charge in [0.25, 0.3) is 0 Å². The number of para-hydroxylation sites is 2. The van der Waals surface area contributed by atoms with Gasteiger partial charge < -0.3 is 9.80 Å². The van der Waals surface area contributed by atoms with Gasteiger partial charge >= 0.3 is 0 Å². The Balaban J connectivity index is 1.08. The Morgan fingerprint density at radius 2 is 0.612 bits per heavy atom. The zero-order valence-corrected chi connectivity index (χ0v) is 41.3. The van der Waals surface area contributed by atoms with E-state index in [-0.39, 0.29) is 4.66 Å². The van der Waals surface area contributed by atoms with Crippen LogP contribution in [0.25, 0.3) is 54.9 Å². The molecular weight excluding hydrogens is 841 g/mol. The van der Waals surface area contributed by atoms with Gasteiger partial charge in [-0.05, 0) is 139 Å². The molecule has 0 atom stereocenters. The van der Waals surface area contributed by atoms with Crippen LogP contribution in [0.4, 0.5) is 34.1 Å². The maximum absolute atomic E-state index is 2.64. The molecule has 11 rings (SSSR count). The summed E-state index contributed by atoms with van der Waals surface area (Å²) in [5.74, 6) is 0. The van der Waals surface area contributed by atoms with Crippen LogP contribution in [-0.2, 0) is 4.66 Å². The van der Waals surface area contributed by atoms with Crippen molar-refractivity contribution >= 4 is 71.8 Å². The fourth-order valence-electron chi connectivity index (χ4n) is 11.9. The average molecular weight is 897 g/mol. The molecule has 0 saturated heterocycles. The predicted octanol–water partition coefficient (Wildman–Crippen LogP) is 18.3. The second-order valence-electron chi connectivity index (χ2n) is 20.2. The highest BCUT2D eigenvalue weighted by atomic mass is 28.4. The first-order chi connectivity index (χ1) is 32.5. The molecular formula is C63H56N2Si2. The van der Waals surface area contributed by atoms with E-state index in [1.165, 1.54) is 54.9 Å². The Bertz CT molecular complexity index is 3200. The van der Waals surface area contributed by atoms with Crippen LogP contribution in [0.15, 0.2) is 231 Å². The minimum absolute atomic E-state index is 0.0705. The molecule has 1 aliphatic carbocycles. The Hall–Kier alpha value is -7.25. The molecule has 0 radical (unpaired) electrons. The van der Waals surface area contributed by atoms with Gasteiger partial charge in [0.05, 0.1) is 16.1 Å². The Labute approximate surface area is 398 Å². The second kappa shape index (κ2) is 16.6. The third kappa shape index (κ3) is 7.14. The fraction of sp³-hybridized carbons (Fsp3) is 0.111. The van der Waals surface area contributed by atoms with Gasteiger partial charge in [-0.1, -0.05) is 197 Å². The van der Waals surface area contributed by atoms with Crippen LogP contribution in [0.2, 0.25) is 39.3 Å². The first kappa shape index (κ1) is 42.4. The van der Waals surface area contributed by atoms with Crippen molar-refractivity contribution in [1.29, 1.82) is 0 Å². The lowest BCUT2D eigenvalue weighted by Gasteiger charge is -2.52. The van der Waals surface area contributed by atoms with E-state index >= 15 is 0 Å². The summed E-state index contributed by atoms with van der Waals surface area (Å²) in [5.41, 5.74) is 17.6. The van der Waals surface area contributed by atoms with Gasteiger partial charge in [0, 0.05) is 38.8 Å². The van der Waals surface area contributed by atoms with Gasteiger partial charge in [0.2, 0.25) is 0 Å². The molecule has 10 aromatic rings. The van der Waals surface area contributed by atoms with E-state index < -0.39 is 16.1 Å². The smallest absolute Gasteiger partial charge is 0.0579 e. The molecule has 0 saturated carbocycles. The van der Waals surface area contributed by atoms with Gasteiger partial charge in [0.1, 0.15) is 0 Å². The molecule has 10 aromatic carbocycles. The molecule has 0 unspecified atom stereocenters.